The van der Waals surface area contributed by atoms with Gasteiger partial charge in [0.15, 0.2) is 0 Å². The average molecular weight is 373 g/mol. The predicted octanol–water partition coefficient (Wildman–Crippen LogP) is 4.62. The lowest BCUT2D eigenvalue weighted by molar-refractivity contribution is 0.0597. The van der Waals surface area contributed by atoms with Crippen molar-refractivity contribution in [3.63, 3.8) is 0 Å². The van der Waals surface area contributed by atoms with E-state index in [0.29, 0.717) is 21.2 Å². The molecule has 3 nitrogen and oxygen atoms in total. The Morgan fingerprint density at radius 2 is 2.05 bits per heavy atom. The third-order valence-electron chi connectivity index (χ3n) is 2.52. The summed E-state index contributed by atoms with van der Waals surface area (Å²) in [6.07, 6.45) is 0. The van der Waals surface area contributed by atoms with Crippen LogP contribution in [0.1, 0.15) is 10.4 Å². The van der Waals surface area contributed by atoms with Crippen molar-refractivity contribution < 1.29 is 9.53 Å². The Bertz CT molecular complexity index is 664. The largest absolute Gasteiger partial charge is 0.465 e. The molecule has 0 unspecified atom stereocenters. The highest BCUT2D eigenvalue weighted by Crippen LogP contribution is 2.40. The molecule has 2 N–H and O–H groups in total. The zero-order chi connectivity index (χ0) is 14.7. The van der Waals surface area contributed by atoms with Crippen LogP contribution >= 0.6 is 39.3 Å². The lowest BCUT2D eigenvalue weighted by Gasteiger charge is -2.11. The molecule has 0 fully saturated rings. The SMILES string of the molecule is COC(=O)c1cc(N)cc(Cl)c1Sc1ccccc1Br. The summed E-state index contributed by atoms with van der Waals surface area (Å²) in [7, 11) is 1.33. The number of carbonyl (C=O) groups excluding carboxylic acids is 1. The molecule has 0 aliphatic rings. The first-order valence-electron chi connectivity index (χ1n) is 5.62. The van der Waals surface area contributed by atoms with Gasteiger partial charge in [0.05, 0.1) is 17.7 Å². The number of hydrogen-bond donors (Lipinski definition) is 1. The minimum Gasteiger partial charge on any atom is -0.465 e. The Kier molecular flexibility index (Phi) is 4.96. The topological polar surface area (TPSA) is 52.3 Å². The van der Waals surface area contributed by atoms with Crippen molar-refractivity contribution in [3.05, 3.63) is 51.5 Å². The number of anilines is 1. The molecule has 6 heteroatoms. The van der Waals surface area contributed by atoms with Crippen molar-refractivity contribution in [2.24, 2.45) is 0 Å². The summed E-state index contributed by atoms with van der Waals surface area (Å²) in [6, 6.07) is 10.9. The number of nitrogens with two attached hydrogens (primary N) is 1. The summed E-state index contributed by atoms with van der Waals surface area (Å²) in [6.45, 7) is 0. The van der Waals surface area contributed by atoms with E-state index in [2.05, 4.69) is 15.9 Å². The van der Waals surface area contributed by atoms with Crippen molar-refractivity contribution in [1.82, 2.24) is 0 Å². The molecular weight excluding hydrogens is 362 g/mol. The fourth-order valence-corrected chi connectivity index (χ4v) is 3.43. The van der Waals surface area contributed by atoms with Crippen LogP contribution in [-0.4, -0.2) is 13.1 Å². The summed E-state index contributed by atoms with van der Waals surface area (Å²) in [5.41, 5.74) is 6.52. The number of ether oxygens (including phenoxy) is 1. The fraction of sp³-hybridized carbons (Fsp3) is 0.0714. The number of rotatable bonds is 3. The van der Waals surface area contributed by atoms with Crippen LogP contribution in [0.25, 0.3) is 0 Å². The van der Waals surface area contributed by atoms with E-state index < -0.39 is 5.97 Å². The molecule has 0 saturated heterocycles. The molecule has 2 aromatic carbocycles. The molecular formula is C14H11BrClNO2S. The first kappa shape index (κ1) is 15.2. The molecule has 0 amide bonds. The molecule has 0 saturated carbocycles. The summed E-state index contributed by atoms with van der Waals surface area (Å²) >= 11 is 11.1. The number of methoxy groups -OCH3 is 1. The van der Waals surface area contributed by atoms with Gasteiger partial charge in [-0.1, -0.05) is 35.5 Å². The highest BCUT2D eigenvalue weighted by atomic mass is 79.9. The van der Waals surface area contributed by atoms with Gasteiger partial charge in [-0.25, -0.2) is 4.79 Å². The lowest BCUT2D eigenvalue weighted by atomic mass is 10.2. The Morgan fingerprint density at radius 3 is 2.70 bits per heavy atom. The number of carbonyl (C=O) groups is 1. The van der Waals surface area contributed by atoms with Crippen molar-refractivity contribution >= 4 is 50.9 Å². The van der Waals surface area contributed by atoms with Gasteiger partial charge in [0.1, 0.15) is 0 Å². The number of benzene rings is 2. The van der Waals surface area contributed by atoms with Gasteiger partial charge in [-0.15, -0.1) is 0 Å². The zero-order valence-electron chi connectivity index (χ0n) is 10.5. The number of halogens is 2. The van der Waals surface area contributed by atoms with E-state index in [1.165, 1.54) is 18.9 Å². The normalized spacial score (nSPS) is 10.3. The first-order chi connectivity index (χ1) is 9.52. The smallest absolute Gasteiger partial charge is 0.339 e. The highest BCUT2D eigenvalue weighted by molar-refractivity contribution is 9.10. The van der Waals surface area contributed by atoms with Gasteiger partial charge in [0, 0.05) is 20.0 Å². The third-order valence-corrected chi connectivity index (χ3v) is 5.10. The Labute approximate surface area is 134 Å². The molecule has 0 bridgehead atoms. The van der Waals surface area contributed by atoms with Crippen molar-refractivity contribution in [1.29, 1.82) is 0 Å². The summed E-state index contributed by atoms with van der Waals surface area (Å²) in [5.74, 6) is -0.464. The number of nitrogen functional groups attached to an aromatic ring is 1. The van der Waals surface area contributed by atoms with E-state index in [-0.39, 0.29) is 0 Å². The number of esters is 1. The molecule has 0 aliphatic carbocycles. The maximum atomic E-state index is 11.9. The minimum atomic E-state index is -0.464. The quantitative estimate of drug-likeness (QED) is 0.631. The second-order valence-corrected chi connectivity index (χ2v) is 6.22. The van der Waals surface area contributed by atoms with Crippen LogP contribution in [0.3, 0.4) is 0 Å². The van der Waals surface area contributed by atoms with E-state index in [0.717, 1.165) is 9.37 Å². The Morgan fingerprint density at radius 1 is 1.35 bits per heavy atom. The molecule has 104 valence electrons. The Balaban J connectivity index is 2.50. The molecule has 2 aromatic rings. The van der Waals surface area contributed by atoms with Gasteiger partial charge >= 0.3 is 5.97 Å². The van der Waals surface area contributed by atoms with Crippen LogP contribution in [0.15, 0.2) is 50.7 Å². The maximum Gasteiger partial charge on any atom is 0.339 e. The second-order valence-electron chi connectivity index (χ2n) is 3.90. The van der Waals surface area contributed by atoms with E-state index in [4.69, 9.17) is 22.1 Å². The van der Waals surface area contributed by atoms with Gasteiger partial charge in [-0.3, -0.25) is 0 Å². The lowest BCUT2D eigenvalue weighted by Crippen LogP contribution is -2.05. The van der Waals surface area contributed by atoms with Crippen LogP contribution < -0.4 is 5.73 Å². The van der Waals surface area contributed by atoms with Crippen LogP contribution in [0.2, 0.25) is 5.02 Å². The van der Waals surface area contributed by atoms with Gasteiger partial charge in [0.2, 0.25) is 0 Å². The molecule has 0 spiro atoms. The van der Waals surface area contributed by atoms with Gasteiger partial charge in [-0.2, -0.15) is 0 Å². The number of hydrogen-bond acceptors (Lipinski definition) is 4. The Hall–Kier alpha value is -1.17. The molecule has 0 aromatic heterocycles. The molecule has 20 heavy (non-hydrogen) atoms. The molecule has 2 rings (SSSR count). The van der Waals surface area contributed by atoms with Gasteiger partial charge in [0.25, 0.3) is 0 Å². The highest BCUT2D eigenvalue weighted by Gasteiger charge is 2.18. The van der Waals surface area contributed by atoms with Crippen molar-refractivity contribution in [2.75, 3.05) is 12.8 Å². The fourth-order valence-electron chi connectivity index (χ4n) is 1.62. The summed E-state index contributed by atoms with van der Waals surface area (Å²) < 4.78 is 5.70. The zero-order valence-corrected chi connectivity index (χ0v) is 13.7. The standard InChI is InChI=1S/C14H11BrClNO2S/c1-19-14(18)9-6-8(17)7-11(16)13(9)20-12-5-3-2-4-10(12)15/h2-7H,17H2,1H3. The van der Waals surface area contributed by atoms with E-state index in [1.807, 2.05) is 24.3 Å². The summed E-state index contributed by atoms with van der Waals surface area (Å²) in [4.78, 5) is 13.4. The first-order valence-corrected chi connectivity index (χ1v) is 7.61. The molecule has 0 aliphatic heterocycles. The van der Waals surface area contributed by atoms with Crippen LogP contribution in [0.4, 0.5) is 5.69 Å². The van der Waals surface area contributed by atoms with Crippen molar-refractivity contribution in [3.8, 4) is 0 Å². The van der Waals surface area contributed by atoms with Crippen LogP contribution in [-0.2, 0) is 4.74 Å². The van der Waals surface area contributed by atoms with Gasteiger partial charge < -0.3 is 10.5 Å². The second kappa shape index (κ2) is 6.52. The van der Waals surface area contributed by atoms with E-state index >= 15 is 0 Å². The van der Waals surface area contributed by atoms with Gasteiger partial charge in [-0.05, 0) is 40.2 Å². The molecule has 0 heterocycles. The van der Waals surface area contributed by atoms with Crippen molar-refractivity contribution in [2.45, 2.75) is 9.79 Å². The van der Waals surface area contributed by atoms with E-state index in [9.17, 15) is 4.79 Å². The minimum absolute atomic E-state index is 0.359. The average Bonchev–Trinajstić information content (AvgIpc) is 2.42. The van der Waals surface area contributed by atoms with Crippen LogP contribution in [0, 0.1) is 0 Å². The summed E-state index contributed by atoms with van der Waals surface area (Å²) in [5, 5.41) is 0.422. The third kappa shape index (κ3) is 3.29. The molecule has 0 atom stereocenters. The predicted molar refractivity (Wildman–Crippen MR) is 85.5 cm³/mol. The maximum absolute atomic E-state index is 11.9. The van der Waals surface area contributed by atoms with Crippen LogP contribution in [0.5, 0.6) is 0 Å². The monoisotopic (exact) mass is 371 g/mol. The molecule has 0 radical (unpaired) electrons. The van der Waals surface area contributed by atoms with E-state index in [1.54, 1.807) is 12.1 Å².